The molecule has 0 aromatic heterocycles. The molecule has 0 spiro atoms. The number of phosphoric ester groups is 1. The SMILES string of the molecule is CCCCC/C=C\C/C=C\CCCCCCCCCCOCC(COP(=O)(O)OCCN)OC(=O)CCCCCCCCCCCCCCCCCCCCCCCCC. The van der Waals surface area contributed by atoms with Crippen molar-refractivity contribution in [3.8, 4) is 0 Å². The van der Waals surface area contributed by atoms with Crippen LogP contribution in [0.3, 0.4) is 0 Å². The Hall–Kier alpha value is -1.02. The first kappa shape index (κ1) is 59.0. The first-order valence-corrected chi connectivity index (χ1v) is 27.3. The molecule has 0 fully saturated rings. The third-order valence-corrected chi connectivity index (χ3v) is 12.4. The van der Waals surface area contributed by atoms with Gasteiger partial charge in [-0.25, -0.2) is 4.57 Å². The van der Waals surface area contributed by atoms with Crippen LogP contribution in [-0.2, 0) is 27.9 Å². The Balaban J connectivity index is 3.90. The Labute approximate surface area is 372 Å². The Bertz CT molecular complexity index is 977. The van der Waals surface area contributed by atoms with E-state index in [2.05, 4.69) is 38.2 Å². The van der Waals surface area contributed by atoms with Crippen molar-refractivity contribution in [1.29, 1.82) is 0 Å². The number of unbranched alkanes of at least 4 members (excludes halogenated alkanes) is 33. The standard InChI is InChI=1S/C51H100NO7P/c1-3-5-7-9-11-13-15-17-19-21-23-24-25-26-27-28-30-32-34-36-38-40-42-44-51(53)59-50(49-58-60(54,55)57-47-45-52)48-56-46-43-41-39-37-35-33-31-29-22-20-18-16-14-12-10-8-6-4-2/h12,14,18,20,50H,3-11,13,15-17,19,21-49,52H2,1-2H3,(H,54,55)/b14-12-,20-18-. The Morgan fingerprint density at radius 1 is 0.500 bits per heavy atom. The van der Waals surface area contributed by atoms with E-state index in [0.29, 0.717) is 13.0 Å². The molecule has 0 bridgehead atoms. The van der Waals surface area contributed by atoms with E-state index in [1.807, 2.05) is 0 Å². The number of carbonyl (C=O) groups excluding carboxylic acids is 1. The molecule has 0 saturated heterocycles. The van der Waals surface area contributed by atoms with E-state index in [4.69, 9.17) is 24.3 Å². The summed E-state index contributed by atoms with van der Waals surface area (Å²) in [5, 5.41) is 0. The van der Waals surface area contributed by atoms with E-state index in [9.17, 15) is 14.3 Å². The smallest absolute Gasteiger partial charge is 0.457 e. The van der Waals surface area contributed by atoms with Crippen LogP contribution in [0.4, 0.5) is 0 Å². The van der Waals surface area contributed by atoms with E-state index < -0.39 is 13.9 Å². The van der Waals surface area contributed by atoms with Crippen LogP contribution >= 0.6 is 7.82 Å². The lowest BCUT2D eigenvalue weighted by Gasteiger charge is -2.20. The molecule has 0 amide bonds. The van der Waals surface area contributed by atoms with Crippen LogP contribution in [0, 0.1) is 0 Å². The van der Waals surface area contributed by atoms with Gasteiger partial charge in [-0.3, -0.25) is 13.8 Å². The van der Waals surface area contributed by atoms with E-state index in [1.165, 1.54) is 199 Å². The minimum atomic E-state index is -4.28. The largest absolute Gasteiger partial charge is 0.472 e. The lowest BCUT2D eigenvalue weighted by molar-refractivity contribution is -0.154. The van der Waals surface area contributed by atoms with Crippen LogP contribution in [0.5, 0.6) is 0 Å². The predicted octanol–water partition coefficient (Wildman–Crippen LogP) is 16.0. The highest BCUT2D eigenvalue weighted by Gasteiger charge is 2.25. The molecule has 0 aliphatic rings. The highest BCUT2D eigenvalue weighted by atomic mass is 31.2. The molecule has 3 N–H and O–H groups in total. The van der Waals surface area contributed by atoms with Gasteiger partial charge in [-0.2, -0.15) is 0 Å². The van der Waals surface area contributed by atoms with Crippen molar-refractivity contribution in [2.75, 3.05) is 33.0 Å². The normalized spacial score (nSPS) is 13.5. The summed E-state index contributed by atoms with van der Waals surface area (Å²) in [6, 6.07) is 0. The molecule has 2 unspecified atom stereocenters. The molecule has 9 heteroatoms. The number of hydrogen-bond donors (Lipinski definition) is 2. The number of carbonyl (C=O) groups is 1. The second kappa shape index (κ2) is 49.0. The van der Waals surface area contributed by atoms with Crippen molar-refractivity contribution in [3.63, 3.8) is 0 Å². The maximum atomic E-state index is 12.7. The fourth-order valence-corrected chi connectivity index (χ4v) is 8.32. The molecule has 0 aliphatic heterocycles. The predicted molar refractivity (Wildman–Crippen MR) is 257 cm³/mol. The Morgan fingerprint density at radius 3 is 1.33 bits per heavy atom. The number of allylic oxidation sites excluding steroid dienone is 4. The van der Waals surface area contributed by atoms with Crippen molar-refractivity contribution >= 4 is 13.8 Å². The van der Waals surface area contributed by atoms with Crippen molar-refractivity contribution in [2.24, 2.45) is 5.73 Å². The molecule has 0 aromatic rings. The Kier molecular flexibility index (Phi) is 48.2. The fourth-order valence-electron chi connectivity index (χ4n) is 7.56. The monoisotopic (exact) mass is 870 g/mol. The van der Waals surface area contributed by atoms with Gasteiger partial charge in [-0.05, 0) is 44.9 Å². The maximum Gasteiger partial charge on any atom is 0.472 e. The first-order chi connectivity index (χ1) is 29.4. The van der Waals surface area contributed by atoms with Crippen LogP contribution in [0.1, 0.15) is 258 Å². The summed E-state index contributed by atoms with van der Waals surface area (Å²) in [5.74, 6) is -0.326. The summed E-state index contributed by atoms with van der Waals surface area (Å²) in [4.78, 5) is 22.6. The molecule has 0 heterocycles. The topological polar surface area (TPSA) is 117 Å². The third-order valence-electron chi connectivity index (χ3n) is 11.4. The van der Waals surface area contributed by atoms with Crippen LogP contribution in [-0.4, -0.2) is 49.9 Å². The average Bonchev–Trinajstić information content (AvgIpc) is 3.24. The van der Waals surface area contributed by atoms with E-state index >= 15 is 0 Å². The molecule has 356 valence electrons. The maximum absolute atomic E-state index is 12.7. The van der Waals surface area contributed by atoms with E-state index in [-0.39, 0.29) is 32.3 Å². The minimum absolute atomic E-state index is 0.0943. The summed E-state index contributed by atoms with van der Waals surface area (Å²) in [6.07, 6.45) is 56.4. The molecule has 2 atom stereocenters. The van der Waals surface area contributed by atoms with Crippen LogP contribution in [0.15, 0.2) is 24.3 Å². The minimum Gasteiger partial charge on any atom is -0.457 e. The summed E-state index contributed by atoms with van der Waals surface area (Å²) in [6.45, 7) is 4.94. The lowest BCUT2D eigenvalue weighted by Crippen LogP contribution is -2.28. The average molecular weight is 870 g/mol. The van der Waals surface area contributed by atoms with Crippen molar-refractivity contribution in [1.82, 2.24) is 0 Å². The number of hydrogen-bond acceptors (Lipinski definition) is 7. The molecule has 60 heavy (non-hydrogen) atoms. The summed E-state index contributed by atoms with van der Waals surface area (Å²) in [5.41, 5.74) is 5.39. The molecule has 0 saturated carbocycles. The number of ether oxygens (including phenoxy) is 2. The van der Waals surface area contributed by atoms with E-state index in [0.717, 1.165) is 38.5 Å². The molecular weight excluding hydrogens is 770 g/mol. The number of nitrogens with two attached hydrogens (primary N) is 1. The molecule has 0 rings (SSSR count). The third kappa shape index (κ3) is 48.0. The molecule has 8 nitrogen and oxygen atoms in total. The van der Waals surface area contributed by atoms with Gasteiger partial charge in [-0.1, -0.05) is 231 Å². The van der Waals surface area contributed by atoms with Crippen LogP contribution in [0.2, 0.25) is 0 Å². The molecule has 0 radical (unpaired) electrons. The van der Waals surface area contributed by atoms with Crippen molar-refractivity contribution < 1.29 is 32.8 Å². The summed E-state index contributed by atoms with van der Waals surface area (Å²) in [7, 11) is -4.28. The number of esters is 1. The number of phosphoric acid groups is 1. The lowest BCUT2D eigenvalue weighted by atomic mass is 10.0. The van der Waals surface area contributed by atoms with Gasteiger partial charge < -0.3 is 20.1 Å². The quantitative estimate of drug-likeness (QED) is 0.0269. The highest BCUT2D eigenvalue weighted by molar-refractivity contribution is 7.47. The zero-order valence-corrected chi connectivity index (χ0v) is 40.6. The van der Waals surface area contributed by atoms with Gasteiger partial charge in [0.1, 0.15) is 6.10 Å². The van der Waals surface area contributed by atoms with Crippen LogP contribution < -0.4 is 5.73 Å². The van der Waals surface area contributed by atoms with Gasteiger partial charge >= 0.3 is 13.8 Å². The molecule has 0 aromatic carbocycles. The zero-order chi connectivity index (χ0) is 43.7. The highest BCUT2D eigenvalue weighted by Crippen LogP contribution is 2.43. The number of rotatable bonds is 50. The van der Waals surface area contributed by atoms with Gasteiger partial charge in [0.15, 0.2) is 0 Å². The van der Waals surface area contributed by atoms with Crippen molar-refractivity contribution in [3.05, 3.63) is 24.3 Å². The first-order valence-electron chi connectivity index (χ1n) is 25.8. The zero-order valence-electron chi connectivity index (χ0n) is 39.7. The van der Waals surface area contributed by atoms with Gasteiger partial charge in [0, 0.05) is 19.6 Å². The van der Waals surface area contributed by atoms with Gasteiger partial charge in [-0.15, -0.1) is 0 Å². The van der Waals surface area contributed by atoms with Gasteiger partial charge in [0.25, 0.3) is 0 Å². The fraction of sp³-hybridized carbons (Fsp3) is 0.902. The molecule has 0 aliphatic carbocycles. The Morgan fingerprint density at radius 2 is 0.883 bits per heavy atom. The van der Waals surface area contributed by atoms with Crippen molar-refractivity contribution in [2.45, 2.75) is 264 Å². The second-order valence-electron chi connectivity index (χ2n) is 17.4. The van der Waals surface area contributed by atoms with Crippen LogP contribution in [0.25, 0.3) is 0 Å². The molecular formula is C51H100NO7P. The summed E-state index contributed by atoms with van der Waals surface area (Å²) < 4.78 is 33.6. The van der Waals surface area contributed by atoms with Gasteiger partial charge in [0.05, 0.1) is 19.8 Å². The van der Waals surface area contributed by atoms with Gasteiger partial charge in [0.2, 0.25) is 0 Å². The summed E-state index contributed by atoms with van der Waals surface area (Å²) >= 11 is 0. The second-order valence-corrected chi connectivity index (χ2v) is 18.8. The van der Waals surface area contributed by atoms with E-state index in [1.54, 1.807) is 0 Å².